The second kappa shape index (κ2) is 6.39. The summed E-state index contributed by atoms with van der Waals surface area (Å²) in [7, 11) is 0. The van der Waals surface area contributed by atoms with Gasteiger partial charge in [0.05, 0.1) is 22.3 Å². The Labute approximate surface area is 177 Å². The maximum Gasteiger partial charge on any atom is 0.337 e. The van der Waals surface area contributed by atoms with Crippen LogP contribution in [0, 0.1) is 0 Å². The van der Waals surface area contributed by atoms with Crippen molar-refractivity contribution in [2.45, 2.75) is 0 Å². The summed E-state index contributed by atoms with van der Waals surface area (Å²) in [5.74, 6) is -5.47. The number of fused-ring (bicyclic) bond motifs is 2. The van der Waals surface area contributed by atoms with Gasteiger partial charge < -0.3 is 20.4 Å². The van der Waals surface area contributed by atoms with Gasteiger partial charge in [0.1, 0.15) is 0 Å². The Kier molecular flexibility index (Phi) is 3.84. The van der Waals surface area contributed by atoms with Gasteiger partial charge in [0.2, 0.25) is 0 Å². The lowest BCUT2D eigenvalue weighted by molar-refractivity contribution is 0.0653. The zero-order chi connectivity index (χ0) is 22.9. The molecule has 0 aromatic heterocycles. The van der Waals surface area contributed by atoms with Crippen molar-refractivity contribution < 1.29 is 39.6 Å². The van der Waals surface area contributed by atoms with Crippen molar-refractivity contribution in [3.8, 4) is 0 Å². The van der Waals surface area contributed by atoms with Crippen molar-refractivity contribution in [2.24, 2.45) is 0 Å². The quantitative estimate of drug-likeness (QED) is 0.241. The number of carboxylic acids is 4. The largest absolute Gasteiger partial charge is 0.478 e. The van der Waals surface area contributed by atoms with Gasteiger partial charge in [-0.2, -0.15) is 0 Å². The number of carbonyl (C=O) groups is 4. The molecule has 0 aliphatic rings. The molecule has 0 unspecified atom stereocenters. The van der Waals surface area contributed by atoms with Crippen LogP contribution in [0.15, 0.2) is 48.5 Å². The van der Waals surface area contributed by atoms with Crippen LogP contribution < -0.4 is 0 Å². The summed E-state index contributed by atoms with van der Waals surface area (Å²) in [6.07, 6.45) is 0. The van der Waals surface area contributed by atoms with Crippen LogP contribution >= 0.6 is 0 Å². The highest BCUT2D eigenvalue weighted by molar-refractivity contribution is 6.38. The van der Waals surface area contributed by atoms with Crippen molar-refractivity contribution in [2.75, 3.05) is 0 Å². The molecule has 5 aromatic rings. The maximum atomic E-state index is 12.1. The van der Waals surface area contributed by atoms with Gasteiger partial charge in [0.15, 0.2) is 0 Å². The third kappa shape index (κ3) is 2.37. The molecule has 32 heavy (non-hydrogen) atoms. The Balaban J connectivity index is 2.22. The first-order valence-corrected chi connectivity index (χ1v) is 9.35. The number of benzene rings is 5. The van der Waals surface area contributed by atoms with Crippen molar-refractivity contribution in [3.63, 3.8) is 0 Å². The Morgan fingerprint density at radius 3 is 1.62 bits per heavy atom. The minimum atomic E-state index is -1.42. The SMILES string of the molecule is O=C(O)c1cc2c3cccc4c(C(=O)O)cc(C(=O)O)c(c5cccc(c1C(=O)O)c25)c43. The fourth-order valence-corrected chi connectivity index (χ4v) is 4.63. The van der Waals surface area contributed by atoms with E-state index in [4.69, 9.17) is 0 Å². The lowest BCUT2D eigenvalue weighted by atomic mass is 9.84. The normalized spacial score (nSPS) is 11.5. The third-order valence-corrected chi connectivity index (χ3v) is 5.79. The van der Waals surface area contributed by atoms with Crippen molar-refractivity contribution in [1.82, 2.24) is 0 Å². The molecule has 8 nitrogen and oxygen atoms in total. The first-order chi connectivity index (χ1) is 15.2. The summed E-state index contributed by atoms with van der Waals surface area (Å²) in [5, 5.41) is 41.7. The average molecular weight is 428 g/mol. The molecule has 0 aliphatic heterocycles. The van der Waals surface area contributed by atoms with Crippen molar-refractivity contribution >= 4 is 67.0 Å². The molecule has 0 atom stereocenters. The van der Waals surface area contributed by atoms with Crippen LogP contribution in [0.3, 0.4) is 0 Å². The van der Waals surface area contributed by atoms with E-state index in [0.717, 1.165) is 6.07 Å². The van der Waals surface area contributed by atoms with E-state index < -0.39 is 35.0 Å². The van der Waals surface area contributed by atoms with Gasteiger partial charge in [-0.1, -0.05) is 36.4 Å². The summed E-state index contributed by atoms with van der Waals surface area (Å²) >= 11 is 0. The Morgan fingerprint density at radius 2 is 1.03 bits per heavy atom. The van der Waals surface area contributed by atoms with Gasteiger partial charge in [-0.3, -0.25) is 0 Å². The van der Waals surface area contributed by atoms with Gasteiger partial charge in [0.25, 0.3) is 0 Å². The molecular formula is C24H12O8. The second-order valence-corrected chi connectivity index (χ2v) is 7.37. The summed E-state index contributed by atoms with van der Waals surface area (Å²) in [5.41, 5.74) is -1.24. The Hall–Kier alpha value is -4.72. The van der Waals surface area contributed by atoms with Crippen LogP contribution in [-0.4, -0.2) is 44.3 Å². The predicted molar refractivity (Wildman–Crippen MR) is 115 cm³/mol. The van der Waals surface area contributed by atoms with E-state index in [2.05, 4.69) is 0 Å². The number of aromatic carboxylic acids is 4. The third-order valence-electron chi connectivity index (χ3n) is 5.79. The molecule has 5 rings (SSSR count). The molecule has 156 valence electrons. The molecule has 8 heteroatoms. The molecule has 0 fully saturated rings. The Bertz CT molecular complexity index is 1670. The molecule has 0 saturated heterocycles. The topological polar surface area (TPSA) is 149 Å². The lowest BCUT2D eigenvalue weighted by Gasteiger charge is -2.19. The number of hydrogen-bond acceptors (Lipinski definition) is 4. The molecule has 0 spiro atoms. The van der Waals surface area contributed by atoms with E-state index in [-0.39, 0.29) is 21.9 Å². The highest BCUT2D eigenvalue weighted by Gasteiger charge is 2.27. The minimum Gasteiger partial charge on any atom is -0.478 e. The highest BCUT2D eigenvalue weighted by atomic mass is 16.4. The van der Waals surface area contributed by atoms with Crippen LogP contribution in [0.1, 0.15) is 41.4 Å². The molecule has 5 aromatic carbocycles. The average Bonchev–Trinajstić information content (AvgIpc) is 2.75. The second-order valence-electron chi connectivity index (χ2n) is 7.37. The van der Waals surface area contributed by atoms with Gasteiger partial charge >= 0.3 is 23.9 Å². The first kappa shape index (κ1) is 19.3. The fourth-order valence-electron chi connectivity index (χ4n) is 4.63. The number of rotatable bonds is 4. The van der Waals surface area contributed by atoms with Crippen molar-refractivity contribution in [3.05, 3.63) is 70.8 Å². The van der Waals surface area contributed by atoms with E-state index in [1.807, 2.05) is 0 Å². The van der Waals surface area contributed by atoms with E-state index in [0.29, 0.717) is 32.3 Å². The van der Waals surface area contributed by atoms with E-state index in [1.165, 1.54) is 18.2 Å². The molecule has 0 radical (unpaired) electrons. The standard InChI is InChI=1S/C24H12O8/c25-21(26)14-8-15(22(27)28)19-11-5-2-6-12-17(11)13(9-3-1-4-10(14)18(9)19)7-16(23(29)30)20(12)24(31)32/h1-8H,(H,25,26)(H,27,28)(H,29,30)(H,31,32). The molecule has 0 heterocycles. The zero-order valence-corrected chi connectivity index (χ0v) is 16.0. The van der Waals surface area contributed by atoms with Gasteiger partial charge in [-0.15, -0.1) is 0 Å². The number of hydrogen-bond donors (Lipinski definition) is 4. The van der Waals surface area contributed by atoms with Gasteiger partial charge in [0, 0.05) is 5.39 Å². The summed E-state index contributed by atoms with van der Waals surface area (Å²) in [6, 6.07) is 11.8. The monoisotopic (exact) mass is 428 g/mol. The summed E-state index contributed by atoms with van der Waals surface area (Å²) in [4.78, 5) is 47.9. The fraction of sp³-hybridized carbons (Fsp3) is 0. The number of carboxylic acid groups (broad SMARTS) is 4. The molecule has 0 amide bonds. The van der Waals surface area contributed by atoms with Crippen LogP contribution in [0.4, 0.5) is 0 Å². The maximum absolute atomic E-state index is 12.1. The van der Waals surface area contributed by atoms with Crippen LogP contribution in [0.25, 0.3) is 43.1 Å². The zero-order valence-electron chi connectivity index (χ0n) is 16.0. The van der Waals surface area contributed by atoms with E-state index in [1.54, 1.807) is 24.3 Å². The summed E-state index contributed by atoms with van der Waals surface area (Å²) in [6.45, 7) is 0. The smallest absolute Gasteiger partial charge is 0.337 e. The molecule has 0 bridgehead atoms. The molecule has 0 aliphatic carbocycles. The van der Waals surface area contributed by atoms with Crippen LogP contribution in [0.2, 0.25) is 0 Å². The van der Waals surface area contributed by atoms with E-state index >= 15 is 0 Å². The van der Waals surface area contributed by atoms with Gasteiger partial charge in [-0.05, 0) is 49.8 Å². The van der Waals surface area contributed by atoms with Gasteiger partial charge in [-0.25, -0.2) is 19.2 Å². The molecule has 4 N–H and O–H groups in total. The lowest BCUT2D eigenvalue weighted by Crippen LogP contribution is -2.10. The summed E-state index contributed by atoms with van der Waals surface area (Å²) < 4.78 is 0. The van der Waals surface area contributed by atoms with Crippen LogP contribution in [0.5, 0.6) is 0 Å². The van der Waals surface area contributed by atoms with E-state index in [9.17, 15) is 39.6 Å². The first-order valence-electron chi connectivity index (χ1n) is 9.35. The molecule has 0 saturated carbocycles. The molecular weight excluding hydrogens is 416 g/mol. The predicted octanol–water partition coefficient (Wildman–Crippen LogP) is 4.53. The van der Waals surface area contributed by atoms with Crippen molar-refractivity contribution in [1.29, 1.82) is 0 Å². The Morgan fingerprint density at radius 1 is 0.469 bits per heavy atom. The van der Waals surface area contributed by atoms with Crippen LogP contribution in [-0.2, 0) is 0 Å². The highest BCUT2D eigenvalue weighted by Crippen LogP contribution is 2.44. The minimum absolute atomic E-state index is 0.159.